The molecule has 0 spiro atoms. The van der Waals surface area contributed by atoms with Crippen LogP contribution in [0.4, 0.5) is 17.6 Å². The van der Waals surface area contributed by atoms with Gasteiger partial charge >= 0.3 is 0 Å². The Morgan fingerprint density at radius 3 is 1.92 bits per heavy atom. The maximum Gasteiger partial charge on any atom is 0.201 e. The largest absolute Gasteiger partial charge is 0.490 e. The van der Waals surface area contributed by atoms with Crippen LogP contribution in [0.3, 0.4) is 0 Å². The fourth-order valence-corrected chi connectivity index (χ4v) is 2.27. The summed E-state index contributed by atoms with van der Waals surface area (Å²) in [5.41, 5.74) is -0.583. The Labute approximate surface area is 151 Å². The minimum Gasteiger partial charge on any atom is -0.490 e. The molecule has 144 valence electrons. The Morgan fingerprint density at radius 1 is 0.769 bits per heavy atom. The van der Waals surface area contributed by atoms with Crippen molar-refractivity contribution in [3.05, 3.63) is 53.1 Å². The van der Waals surface area contributed by atoms with Crippen molar-refractivity contribution in [2.24, 2.45) is 0 Å². The molecule has 2 rings (SSSR count). The van der Waals surface area contributed by atoms with Crippen molar-refractivity contribution >= 4 is 0 Å². The van der Waals surface area contributed by atoms with E-state index in [0.717, 1.165) is 0 Å². The molecule has 0 aliphatic rings. The minimum absolute atomic E-state index is 0.113. The van der Waals surface area contributed by atoms with Crippen LogP contribution in [0.1, 0.15) is 32.8 Å². The zero-order valence-electron chi connectivity index (χ0n) is 15.5. The summed E-state index contributed by atoms with van der Waals surface area (Å²) in [7, 11) is 1.45. The maximum absolute atomic E-state index is 14.3. The monoisotopic (exact) mass is 372 g/mol. The Bertz CT molecular complexity index is 656. The molecular formula is C20H24F4O2. The lowest BCUT2D eigenvalue weighted by molar-refractivity contribution is 0.201. The van der Waals surface area contributed by atoms with Crippen molar-refractivity contribution in [2.75, 3.05) is 20.3 Å². The van der Waals surface area contributed by atoms with Gasteiger partial charge in [-0.05, 0) is 30.5 Å². The summed E-state index contributed by atoms with van der Waals surface area (Å²) in [5.74, 6) is -5.05. The molecule has 2 aromatic rings. The molecule has 0 N–H and O–H groups in total. The van der Waals surface area contributed by atoms with Gasteiger partial charge in [0.15, 0.2) is 23.2 Å². The second-order valence-electron chi connectivity index (χ2n) is 5.23. The van der Waals surface area contributed by atoms with E-state index >= 15 is 0 Å². The highest BCUT2D eigenvalue weighted by Gasteiger charge is 2.21. The average Bonchev–Trinajstić information content (AvgIpc) is 2.66. The summed E-state index contributed by atoms with van der Waals surface area (Å²) < 4.78 is 66.5. The lowest BCUT2D eigenvalue weighted by Gasteiger charge is -2.12. The molecule has 0 aliphatic heterocycles. The Hall–Kier alpha value is -2.08. The van der Waals surface area contributed by atoms with E-state index in [9.17, 15) is 17.6 Å². The van der Waals surface area contributed by atoms with Crippen LogP contribution in [0.2, 0.25) is 0 Å². The summed E-state index contributed by atoms with van der Waals surface area (Å²) in [5, 5.41) is 0. The van der Waals surface area contributed by atoms with Crippen molar-refractivity contribution < 1.29 is 27.0 Å². The van der Waals surface area contributed by atoms with Crippen LogP contribution in [0.15, 0.2) is 24.3 Å². The quantitative estimate of drug-likeness (QED) is 0.562. The van der Waals surface area contributed by atoms with Crippen LogP contribution >= 0.6 is 0 Å². The predicted octanol–water partition coefficient (Wildman–Crippen LogP) is 5.91. The first kappa shape index (κ1) is 22.0. The Morgan fingerprint density at radius 2 is 1.35 bits per heavy atom. The highest BCUT2D eigenvalue weighted by molar-refractivity contribution is 5.66. The zero-order chi connectivity index (χ0) is 19.7. The molecule has 2 nitrogen and oxygen atoms in total. The molecule has 0 atom stereocenters. The third kappa shape index (κ3) is 4.97. The van der Waals surface area contributed by atoms with Crippen LogP contribution in [-0.2, 0) is 11.2 Å². The second kappa shape index (κ2) is 10.8. The molecule has 0 aliphatic carbocycles. The van der Waals surface area contributed by atoms with Crippen LogP contribution in [0, 0.1) is 23.3 Å². The standard InChI is InChI=1S/C18H18F4O2.C2H6/c1-3-9-24-14-7-6-13(17(21)18(14)22)12-5-4-11(8-10-23-2)15(19)16(12)20;1-2/h4-7H,3,8-10H2,1-2H3;1-2H3. The number of halogens is 4. The van der Waals surface area contributed by atoms with E-state index in [0.29, 0.717) is 6.42 Å². The lowest BCUT2D eigenvalue weighted by Crippen LogP contribution is -2.03. The van der Waals surface area contributed by atoms with Gasteiger partial charge in [-0.3, -0.25) is 0 Å². The molecule has 0 heterocycles. The van der Waals surface area contributed by atoms with Gasteiger partial charge in [0.05, 0.1) is 13.2 Å². The topological polar surface area (TPSA) is 18.5 Å². The fraction of sp³-hybridized carbons (Fsp3) is 0.400. The van der Waals surface area contributed by atoms with Crippen molar-refractivity contribution in [1.29, 1.82) is 0 Å². The van der Waals surface area contributed by atoms with E-state index < -0.39 is 23.3 Å². The lowest BCUT2D eigenvalue weighted by atomic mass is 10.0. The predicted molar refractivity (Wildman–Crippen MR) is 94.4 cm³/mol. The van der Waals surface area contributed by atoms with Crippen LogP contribution < -0.4 is 4.74 Å². The van der Waals surface area contributed by atoms with Crippen LogP contribution in [-0.4, -0.2) is 20.3 Å². The molecule has 0 radical (unpaired) electrons. The van der Waals surface area contributed by atoms with Crippen molar-refractivity contribution in [3.63, 3.8) is 0 Å². The highest BCUT2D eigenvalue weighted by Crippen LogP contribution is 2.33. The van der Waals surface area contributed by atoms with Crippen LogP contribution in [0.25, 0.3) is 11.1 Å². The molecule has 6 heteroatoms. The molecule has 0 unspecified atom stereocenters. The van der Waals surface area contributed by atoms with Crippen molar-refractivity contribution in [1.82, 2.24) is 0 Å². The first-order chi connectivity index (χ1) is 12.5. The number of benzene rings is 2. The van der Waals surface area contributed by atoms with E-state index in [1.165, 1.54) is 31.4 Å². The summed E-state index contributed by atoms with van der Waals surface area (Å²) in [6.45, 7) is 6.28. The molecule has 0 bridgehead atoms. The third-order valence-corrected chi connectivity index (χ3v) is 3.54. The summed E-state index contributed by atoms with van der Waals surface area (Å²) in [4.78, 5) is 0. The molecule has 0 fully saturated rings. The molecule has 0 amide bonds. The number of rotatable bonds is 7. The molecule has 0 saturated carbocycles. The summed E-state index contributed by atoms with van der Waals surface area (Å²) in [6, 6.07) is 4.95. The first-order valence-electron chi connectivity index (χ1n) is 8.58. The summed E-state index contributed by atoms with van der Waals surface area (Å²) in [6.07, 6.45) is 0.811. The molecule has 2 aromatic carbocycles. The Kier molecular flexibility index (Phi) is 9.13. The van der Waals surface area contributed by atoms with E-state index in [-0.39, 0.29) is 42.1 Å². The average molecular weight is 372 g/mol. The highest BCUT2D eigenvalue weighted by atomic mass is 19.2. The van der Waals surface area contributed by atoms with Gasteiger partial charge in [-0.15, -0.1) is 0 Å². The van der Waals surface area contributed by atoms with Gasteiger partial charge in [0, 0.05) is 18.2 Å². The molecule has 0 aromatic heterocycles. The van der Waals surface area contributed by atoms with Crippen molar-refractivity contribution in [3.8, 4) is 16.9 Å². The third-order valence-electron chi connectivity index (χ3n) is 3.54. The number of ether oxygens (including phenoxy) is 2. The van der Waals surface area contributed by atoms with Gasteiger partial charge in [0.25, 0.3) is 0 Å². The van der Waals surface area contributed by atoms with Gasteiger partial charge in [0.2, 0.25) is 5.82 Å². The first-order valence-corrected chi connectivity index (χ1v) is 8.58. The smallest absolute Gasteiger partial charge is 0.201 e. The van der Waals surface area contributed by atoms with Gasteiger partial charge in [0.1, 0.15) is 0 Å². The van der Waals surface area contributed by atoms with E-state index in [1.54, 1.807) is 0 Å². The van der Waals surface area contributed by atoms with Crippen molar-refractivity contribution in [2.45, 2.75) is 33.6 Å². The number of methoxy groups -OCH3 is 1. The van der Waals surface area contributed by atoms with E-state index in [1.807, 2.05) is 20.8 Å². The fourth-order valence-electron chi connectivity index (χ4n) is 2.27. The van der Waals surface area contributed by atoms with E-state index in [4.69, 9.17) is 9.47 Å². The minimum atomic E-state index is -1.27. The Balaban J connectivity index is 0.00000163. The van der Waals surface area contributed by atoms with Gasteiger partial charge in [-0.1, -0.05) is 32.9 Å². The maximum atomic E-state index is 14.3. The zero-order valence-corrected chi connectivity index (χ0v) is 15.5. The van der Waals surface area contributed by atoms with Gasteiger partial charge < -0.3 is 9.47 Å². The molecule has 26 heavy (non-hydrogen) atoms. The summed E-state index contributed by atoms with van der Waals surface area (Å²) >= 11 is 0. The van der Waals surface area contributed by atoms with Gasteiger partial charge in [-0.25, -0.2) is 13.2 Å². The van der Waals surface area contributed by atoms with E-state index in [2.05, 4.69) is 0 Å². The normalized spacial score (nSPS) is 10.3. The second-order valence-corrected chi connectivity index (χ2v) is 5.23. The number of hydrogen-bond acceptors (Lipinski definition) is 2. The number of hydrogen-bond donors (Lipinski definition) is 0. The SMILES string of the molecule is CC.CCCOc1ccc(-c2ccc(CCOC)c(F)c2F)c(F)c1F. The molecular weight excluding hydrogens is 348 g/mol. The molecule has 0 saturated heterocycles. The van der Waals surface area contributed by atoms with Crippen LogP contribution in [0.5, 0.6) is 5.75 Å². The van der Waals surface area contributed by atoms with Gasteiger partial charge in [-0.2, -0.15) is 4.39 Å².